The lowest BCUT2D eigenvalue weighted by Gasteiger charge is -2.27. The smallest absolute Gasteiger partial charge is 0.0235 e. The molecule has 1 atom stereocenters. The summed E-state index contributed by atoms with van der Waals surface area (Å²) in [7, 11) is 0. The molecule has 0 aromatic carbocycles. The van der Waals surface area contributed by atoms with Gasteiger partial charge in [0.2, 0.25) is 0 Å². The van der Waals surface area contributed by atoms with Crippen LogP contribution in [0.4, 0.5) is 0 Å². The molecule has 2 rings (SSSR count). The average molecular weight is 239 g/mol. The summed E-state index contributed by atoms with van der Waals surface area (Å²) < 4.78 is 0. The number of likely N-dealkylation sites (tertiary alicyclic amines) is 1. The fourth-order valence-corrected chi connectivity index (χ4v) is 3.44. The van der Waals surface area contributed by atoms with Crippen molar-refractivity contribution in [3.05, 3.63) is 0 Å². The molecule has 0 amide bonds. The molecule has 0 aromatic heterocycles. The van der Waals surface area contributed by atoms with Crippen LogP contribution in [0.1, 0.15) is 39.5 Å². The van der Waals surface area contributed by atoms with Gasteiger partial charge in [-0.1, -0.05) is 13.8 Å². The van der Waals surface area contributed by atoms with Crippen molar-refractivity contribution in [3.63, 3.8) is 0 Å². The van der Waals surface area contributed by atoms with Crippen LogP contribution in [0.15, 0.2) is 0 Å². The summed E-state index contributed by atoms with van der Waals surface area (Å²) in [5.74, 6) is 0. The summed E-state index contributed by atoms with van der Waals surface area (Å²) in [6.07, 6.45) is 5.42. The predicted molar refractivity (Wildman–Crippen MR) is 73.1 cm³/mol. The van der Waals surface area contributed by atoms with Gasteiger partial charge in [0.1, 0.15) is 0 Å². The first-order valence-electron chi connectivity index (χ1n) is 7.39. The largest absolute Gasteiger partial charge is 0.330 e. The summed E-state index contributed by atoms with van der Waals surface area (Å²) in [6.45, 7) is 11.7. The first-order chi connectivity index (χ1) is 8.23. The maximum atomic E-state index is 5.72. The molecule has 2 fully saturated rings. The van der Waals surface area contributed by atoms with E-state index in [1.165, 1.54) is 58.4 Å². The molecule has 0 aromatic rings. The van der Waals surface area contributed by atoms with Crippen LogP contribution >= 0.6 is 0 Å². The standard InChI is InChI=1S/C14H29N3/c1-3-17(4-2)13-5-10-16(11-13)12-14(6-7-14)8-9-15/h13H,3-12,15H2,1-2H3. The van der Waals surface area contributed by atoms with Crippen LogP contribution in [0.3, 0.4) is 0 Å². The van der Waals surface area contributed by atoms with Crippen molar-refractivity contribution < 1.29 is 0 Å². The van der Waals surface area contributed by atoms with Crippen LogP contribution in [0.2, 0.25) is 0 Å². The number of hydrogen-bond donors (Lipinski definition) is 1. The van der Waals surface area contributed by atoms with E-state index in [0.29, 0.717) is 5.41 Å². The lowest BCUT2D eigenvalue weighted by atomic mass is 10.0. The van der Waals surface area contributed by atoms with Gasteiger partial charge in [-0.05, 0) is 57.3 Å². The van der Waals surface area contributed by atoms with Crippen LogP contribution in [0.5, 0.6) is 0 Å². The third-order valence-electron chi connectivity index (χ3n) is 4.77. The third kappa shape index (κ3) is 3.21. The van der Waals surface area contributed by atoms with E-state index in [0.717, 1.165) is 12.6 Å². The molecule has 0 bridgehead atoms. The van der Waals surface area contributed by atoms with Crippen molar-refractivity contribution in [2.75, 3.05) is 39.3 Å². The fraction of sp³-hybridized carbons (Fsp3) is 1.00. The van der Waals surface area contributed by atoms with E-state index in [1.54, 1.807) is 0 Å². The van der Waals surface area contributed by atoms with Gasteiger partial charge in [-0.2, -0.15) is 0 Å². The summed E-state index contributed by atoms with van der Waals surface area (Å²) in [5.41, 5.74) is 6.34. The van der Waals surface area contributed by atoms with Crippen molar-refractivity contribution in [2.45, 2.75) is 45.6 Å². The van der Waals surface area contributed by atoms with Gasteiger partial charge in [0, 0.05) is 19.1 Å². The zero-order valence-corrected chi connectivity index (χ0v) is 11.6. The van der Waals surface area contributed by atoms with Crippen molar-refractivity contribution in [3.8, 4) is 0 Å². The molecule has 1 aliphatic carbocycles. The number of rotatable bonds is 7. The highest BCUT2D eigenvalue weighted by Gasteiger charge is 2.44. The quantitative estimate of drug-likeness (QED) is 0.731. The van der Waals surface area contributed by atoms with E-state index in [1.807, 2.05) is 0 Å². The lowest BCUT2D eigenvalue weighted by Crippen LogP contribution is -2.38. The minimum atomic E-state index is 0.618. The summed E-state index contributed by atoms with van der Waals surface area (Å²) in [4.78, 5) is 5.30. The summed E-state index contributed by atoms with van der Waals surface area (Å²) in [6, 6.07) is 0.804. The predicted octanol–water partition coefficient (Wildman–Crippen LogP) is 1.53. The Morgan fingerprint density at radius 3 is 2.53 bits per heavy atom. The van der Waals surface area contributed by atoms with E-state index < -0.39 is 0 Å². The van der Waals surface area contributed by atoms with Gasteiger partial charge in [-0.15, -0.1) is 0 Å². The molecular weight excluding hydrogens is 210 g/mol. The van der Waals surface area contributed by atoms with Gasteiger partial charge in [0.25, 0.3) is 0 Å². The van der Waals surface area contributed by atoms with Gasteiger partial charge in [-0.25, -0.2) is 0 Å². The van der Waals surface area contributed by atoms with E-state index in [4.69, 9.17) is 5.73 Å². The van der Waals surface area contributed by atoms with Crippen molar-refractivity contribution in [1.82, 2.24) is 9.80 Å². The molecule has 3 nitrogen and oxygen atoms in total. The Morgan fingerprint density at radius 2 is 2.00 bits per heavy atom. The number of nitrogens with two attached hydrogens (primary N) is 1. The zero-order valence-electron chi connectivity index (χ0n) is 11.6. The molecule has 3 heteroatoms. The second kappa shape index (κ2) is 5.68. The van der Waals surface area contributed by atoms with Crippen molar-refractivity contribution in [2.24, 2.45) is 11.1 Å². The Morgan fingerprint density at radius 1 is 1.29 bits per heavy atom. The molecule has 2 N–H and O–H groups in total. The highest BCUT2D eigenvalue weighted by molar-refractivity contribution is 4.97. The Labute approximate surface area is 106 Å². The molecule has 1 saturated heterocycles. The Kier molecular flexibility index (Phi) is 4.45. The SMILES string of the molecule is CCN(CC)C1CCN(CC2(CCN)CC2)C1. The molecule has 2 aliphatic rings. The molecule has 1 aliphatic heterocycles. The van der Waals surface area contributed by atoms with Gasteiger partial charge in [0.15, 0.2) is 0 Å². The van der Waals surface area contributed by atoms with Gasteiger partial charge in [0.05, 0.1) is 0 Å². The van der Waals surface area contributed by atoms with Crippen molar-refractivity contribution in [1.29, 1.82) is 0 Å². The monoisotopic (exact) mass is 239 g/mol. The molecule has 1 unspecified atom stereocenters. The highest BCUT2D eigenvalue weighted by atomic mass is 15.3. The van der Waals surface area contributed by atoms with Crippen LogP contribution < -0.4 is 5.73 Å². The van der Waals surface area contributed by atoms with Crippen LogP contribution in [0, 0.1) is 5.41 Å². The Hall–Kier alpha value is -0.120. The molecule has 100 valence electrons. The third-order valence-corrected chi connectivity index (χ3v) is 4.77. The normalized spacial score (nSPS) is 27.9. The fourth-order valence-electron chi connectivity index (χ4n) is 3.44. The molecule has 0 spiro atoms. The topological polar surface area (TPSA) is 32.5 Å². The van der Waals surface area contributed by atoms with E-state index >= 15 is 0 Å². The minimum absolute atomic E-state index is 0.618. The molecule has 0 radical (unpaired) electrons. The van der Waals surface area contributed by atoms with Crippen LogP contribution in [-0.2, 0) is 0 Å². The summed E-state index contributed by atoms with van der Waals surface area (Å²) >= 11 is 0. The highest BCUT2D eigenvalue weighted by Crippen LogP contribution is 2.49. The van der Waals surface area contributed by atoms with Crippen LogP contribution in [0.25, 0.3) is 0 Å². The van der Waals surface area contributed by atoms with E-state index in [2.05, 4.69) is 23.6 Å². The average Bonchev–Trinajstić information content (AvgIpc) is 2.91. The van der Waals surface area contributed by atoms with Gasteiger partial charge in [-0.3, -0.25) is 4.90 Å². The number of nitrogens with zero attached hydrogens (tertiary/aromatic N) is 2. The molecule has 1 heterocycles. The number of likely N-dealkylation sites (N-methyl/N-ethyl adjacent to an activating group) is 1. The summed E-state index contributed by atoms with van der Waals surface area (Å²) in [5, 5.41) is 0. The molecule has 1 saturated carbocycles. The van der Waals surface area contributed by atoms with Gasteiger partial charge >= 0.3 is 0 Å². The first kappa shape index (κ1) is 13.3. The van der Waals surface area contributed by atoms with Gasteiger partial charge < -0.3 is 10.6 Å². The van der Waals surface area contributed by atoms with Crippen LogP contribution in [-0.4, -0.2) is 55.1 Å². The maximum Gasteiger partial charge on any atom is 0.0235 e. The Bertz CT molecular complexity index is 234. The first-order valence-corrected chi connectivity index (χ1v) is 7.39. The number of hydrogen-bond acceptors (Lipinski definition) is 3. The lowest BCUT2D eigenvalue weighted by molar-refractivity contribution is 0.196. The maximum absolute atomic E-state index is 5.72. The van der Waals surface area contributed by atoms with Crippen molar-refractivity contribution >= 4 is 0 Å². The zero-order chi connectivity index (χ0) is 12.3. The second-order valence-electron chi connectivity index (χ2n) is 5.94. The second-order valence-corrected chi connectivity index (χ2v) is 5.94. The molecule has 17 heavy (non-hydrogen) atoms. The Balaban J connectivity index is 1.78. The minimum Gasteiger partial charge on any atom is -0.330 e. The van der Waals surface area contributed by atoms with E-state index in [9.17, 15) is 0 Å². The molecular formula is C14H29N3. The van der Waals surface area contributed by atoms with E-state index in [-0.39, 0.29) is 0 Å².